The molecule has 37 heavy (non-hydrogen) atoms. The molecule has 0 unspecified atom stereocenters. The first-order valence-electron chi connectivity index (χ1n) is 13.9. The van der Waals surface area contributed by atoms with Crippen molar-refractivity contribution in [2.45, 2.75) is 72.3 Å². The van der Waals surface area contributed by atoms with E-state index in [9.17, 15) is 9.59 Å². The van der Waals surface area contributed by atoms with E-state index < -0.39 is 0 Å². The van der Waals surface area contributed by atoms with Crippen LogP contribution >= 0.6 is 0 Å². The second-order valence-corrected chi connectivity index (χ2v) is 10.6. The molecule has 202 valence electrons. The SMILES string of the molecule is COc1cccc(CCNC(=O)c2ccc3c(c2)CN(CCC(C)C)CCCCCCCN3C(C)=O)c1. The van der Waals surface area contributed by atoms with Crippen LogP contribution in [0.2, 0.25) is 0 Å². The summed E-state index contributed by atoms with van der Waals surface area (Å²) >= 11 is 0. The summed E-state index contributed by atoms with van der Waals surface area (Å²) in [7, 11) is 1.66. The zero-order chi connectivity index (χ0) is 26.6. The zero-order valence-corrected chi connectivity index (χ0v) is 23.2. The van der Waals surface area contributed by atoms with Gasteiger partial charge in [0, 0.05) is 37.8 Å². The van der Waals surface area contributed by atoms with Crippen LogP contribution in [-0.4, -0.2) is 50.0 Å². The van der Waals surface area contributed by atoms with E-state index in [0.717, 1.165) is 74.4 Å². The second-order valence-electron chi connectivity index (χ2n) is 10.6. The predicted octanol–water partition coefficient (Wildman–Crippen LogP) is 5.83. The van der Waals surface area contributed by atoms with Crippen molar-refractivity contribution in [3.05, 3.63) is 59.2 Å². The Labute approximate surface area is 223 Å². The largest absolute Gasteiger partial charge is 0.497 e. The molecule has 0 radical (unpaired) electrons. The molecule has 2 amide bonds. The third-order valence-electron chi connectivity index (χ3n) is 7.12. The van der Waals surface area contributed by atoms with Crippen molar-refractivity contribution in [1.82, 2.24) is 10.2 Å². The van der Waals surface area contributed by atoms with Crippen LogP contribution in [0.3, 0.4) is 0 Å². The van der Waals surface area contributed by atoms with Crippen LogP contribution < -0.4 is 15.0 Å². The second kappa shape index (κ2) is 14.8. The van der Waals surface area contributed by atoms with E-state index in [0.29, 0.717) is 18.0 Å². The van der Waals surface area contributed by atoms with E-state index in [1.54, 1.807) is 14.0 Å². The molecule has 0 spiro atoms. The lowest BCUT2D eigenvalue weighted by Gasteiger charge is -2.29. The van der Waals surface area contributed by atoms with Gasteiger partial charge in [0.1, 0.15) is 5.75 Å². The Morgan fingerprint density at radius 2 is 1.76 bits per heavy atom. The van der Waals surface area contributed by atoms with Crippen LogP contribution in [0.5, 0.6) is 5.75 Å². The van der Waals surface area contributed by atoms with Gasteiger partial charge in [0.2, 0.25) is 5.91 Å². The maximum atomic E-state index is 13.1. The number of benzene rings is 2. The third kappa shape index (κ3) is 9.19. The first-order chi connectivity index (χ1) is 17.9. The molecule has 0 bridgehead atoms. The molecule has 0 fully saturated rings. The molecule has 3 rings (SSSR count). The van der Waals surface area contributed by atoms with Crippen molar-refractivity contribution in [3.63, 3.8) is 0 Å². The smallest absolute Gasteiger partial charge is 0.251 e. The monoisotopic (exact) mass is 507 g/mol. The van der Waals surface area contributed by atoms with Gasteiger partial charge in [0.25, 0.3) is 5.91 Å². The number of anilines is 1. The Bertz CT molecular complexity index is 1020. The van der Waals surface area contributed by atoms with Crippen molar-refractivity contribution in [2.75, 3.05) is 38.2 Å². The minimum absolute atomic E-state index is 0.0579. The first kappa shape index (κ1) is 28.7. The molecule has 2 aromatic carbocycles. The minimum Gasteiger partial charge on any atom is -0.497 e. The normalized spacial score (nSPS) is 15.4. The highest BCUT2D eigenvalue weighted by molar-refractivity contribution is 5.97. The van der Waals surface area contributed by atoms with Crippen LogP contribution in [0.15, 0.2) is 42.5 Å². The fourth-order valence-electron chi connectivity index (χ4n) is 4.90. The molecule has 1 N–H and O–H groups in total. The minimum atomic E-state index is -0.0834. The number of rotatable bonds is 8. The molecule has 2 aromatic rings. The summed E-state index contributed by atoms with van der Waals surface area (Å²) in [5, 5.41) is 3.07. The number of hydrogen-bond acceptors (Lipinski definition) is 4. The van der Waals surface area contributed by atoms with Gasteiger partial charge in [-0.05, 0) is 86.1 Å². The lowest BCUT2D eigenvalue weighted by atomic mass is 10.0. The summed E-state index contributed by atoms with van der Waals surface area (Å²) in [6.07, 6.45) is 7.63. The molecule has 0 saturated heterocycles. The standard InChI is InChI=1S/C31H45N3O3/c1-24(2)16-20-33-18-8-6-5-7-9-19-34(25(3)35)30-14-13-27(22-28(30)23-33)31(36)32-17-15-26-11-10-12-29(21-26)37-4/h10-14,21-22,24H,5-9,15-20,23H2,1-4H3,(H,32,36). The van der Waals surface area contributed by atoms with Crippen LogP contribution in [0.4, 0.5) is 5.69 Å². The molecule has 6 heteroatoms. The number of amides is 2. The van der Waals surface area contributed by atoms with Gasteiger partial charge in [-0.25, -0.2) is 0 Å². The first-order valence-corrected chi connectivity index (χ1v) is 13.9. The van der Waals surface area contributed by atoms with Gasteiger partial charge in [-0.1, -0.05) is 45.2 Å². The van der Waals surface area contributed by atoms with Crippen LogP contribution in [0.1, 0.15) is 80.8 Å². The molecule has 6 nitrogen and oxygen atoms in total. The van der Waals surface area contributed by atoms with Crippen molar-refractivity contribution < 1.29 is 14.3 Å². The fraction of sp³-hybridized carbons (Fsp3) is 0.548. The highest BCUT2D eigenvalue weighted by Gasteiger charge is 2.20. The summed E-state index contributed by atoms with van der Waals surface area (Å²) < 4.78 is 5.30. The Morgan fingerprint density at radius 1 is 1.00 bits per heavy atom. The van der Waals surface area contributed by atoms with Crippen molar-refractivity contribution in [1.29, 1.82) is 0 Å². The molecule has 1 aliphatic heterocycles. The van der Waals surface area contributed by atoms with E-state index in [1.807, 2.05) is 47.4 Å². The quantitative estimate of drug-likeness (QED) is 0.488. The molecule has 1 heterocycles. The Balaban J connectivity index is 1.80. The van der Waals surface area contributed by atoms with Gasteiger partial charge in [0.15, 0.2) is 0 Å². The molecular weight excluding hydrogens is 462 g/mol. The van der Waals surface area contributed by atoms with Gasteiger partial charge >= 0.3 is 0 Å². The topological polar surface area (TPSA) is 61.9 Å². The van der Waals surface area contributed by atoms with Crippen molar-refractivity contribution in [3.8, 4) is 5.75 Å². The van der Waals surface area contributed by atoms with Crippen LogP contribution in [0, 0.1) is 5.92 Å². The summed E-state index contributed by atoms with van der Waals surface area (Å²) in [6.45, 7) is 10.2. The van der Waals surface area contributed by atoms with Crippen LogP contribution in [-0.2, 0) is 17.8 Å². The molecule has 1 aliphatic rings. The number of nitrogens with zero attached hydrogens (tertiary/aromatic N) is 2. The Hall–Kier alpha value is -2.86. The van der Waals surface area contributed by atoms with Crippen LogP contribution in [0.25, 0.3) is 0 Å². The van der Waals surface area contributed by atoms with Gasteiger partial charge in [0.05, 0.1) is 7.11 Å². The number of carbonyl (C=O) groups is 2. The maximum absolute atomic E-state index is 13.1. The van der Waals surface area contributed by atoms with E-state index >= 15 is 0 Å². The number of ether oxygens (including phenoxy) is 1. The fourth-order valence-corrected chi connectivity index (χ4v) is 4.90. The summed E-state index contributed by atoms with van der Waals surface area (Å²) in [6, 6.07) is 13.8. The zero-order valence-electron chi connectivity index (χ0n) is 23.2. The number of hydrogen-bond donors (Lipinski definition) is 1. The Morgan fingerprint density at radius 3 is 2.49 bits per heavy atom. The number of fused-ring (bicyclic) bond motifs is 1. The highest BCUT2D eigenvalue weighted by atomic mass is 16.5. The summed E-state index contributed by atoms with van der Waals surface area (Å²) in [5.74, 6) is 1.43. The van der Waals surface area contributed by atoms with Gasteiger partial charge in [-0.2, -0.15) is 0 Å². The van der Waals surface area contributed by atoms with Crippen molar-refractivity contribution in [2.24, 2.45) is 5.92 Å². The number of methoxy groups -OCH3 is 1. The van der Waals surface area contributed by atoms with E-state index in [2.05, 4.69) is 24.1 Å². The lowest BCUT2D eigenvalue weighted by Crippen LogP contribution is -2.33. The predicted molar refractivity (Wildman–Crippen MR) is 151 cm³/mol. The Kier molecular flexibility index (Phi) is 11.5. The summed E-state index contributed by atoms with van der Waals surface area (Å²) in [4.78, 5) is 30.2. The highest BCUT2D eigenvalue weighted by Crippen LogP contribution is 2.26. The van der Waals surface area contributed by atoms with Crippen molar-refractivity contribution >= 4 is 17.5 Å². The maximum Gasteiger partial charge on any atom is 0.251 e. The van der Waals surface area contributed by atoms with E-state index in [1.165, 1.54) is 19.3 Å². The number of nitrogens with one attached hydrogen (secondary N) is 1. The molecule has 0 atom stereocenters. The molecule has 0 aliphatic carbocycles. The van der Waals surface area contributed by atoms with E-state index in [4.69, 9.17) is 4.74 Å². The summed E-state index contributed by atoms with van der Waals surface area (Å²) in [5.41, 5.74) is 3.76. The average Bonchev–Trinajstić information content (AvgIpc) is 2.87. The lowest BCUT2D eigenvalue weighted by molar-refractivity contribution is -0.116. The van der Waals surface area contributed by atoms with Gasteiger partial charge in [-0.3, -0.25) is 14.5 Å². The van der Waals surface area contributed by atoms with E-state index in [-0.39, 0.29) is 11.8 Å². The number of carbonyl (C=O) groups excluding carboxylic acids is 2. The molecule has 0 aromatic heterocycles. The van der Waals surface area contributed by atoms with Gasteiger partial charge in [-0.15, -0.1) is 0 Å². The molecular formula is C31H45N3O3. The third-order valence-corrected chi connectivity index (χ3v) is 7.12. The average molecular weight is 508 g/mol. The molecule has 0 saturated carbocycles. The van der Waals surface area contributed by atoms with Gasteiger partial charge < -0.3 is 15.0 Å².